The van der Waals surface area contributed by atoms with Gasteiger partial charge in [0.15, 0.2) is 0 Å². The molecular weight excluding hydrogens is 216 g/mol. The van der Waals surface area contributed by atoms with Crippen molar-refractivity contribution in [2.75, 3.05) is 12.0 Å². The van der Waals surface area contributed by atoms with Crippen LogP contribution in [0.3, 0.4) is 0 Å². The number of carbonyl (C=O) groups excluding carboxylic acids is 1. The summed E-state index contributed by atoms with van der Waals surface area (Å²) in [5, 5.41) is 0. The third kappa shape index (κ3) is 3.17. The van der Waals surface area contributed by atoms with E-state index in [1.54, 1.807) is 17.0 Å². The molecule has 1 aromatic heterocycles. The highest BCUT2D eigenvalue weighted by molar-refractivity contribution is 5.95. The molecule has 0 aliphatic rings. The lowest BCUT2D eigenvalue weighted by atomic mass is 10.1. The monoisotopic (exact) mass is 236 g/mol. The normalized spacial score (nSPS) is 10.5. The van der Waals surface area contributed by atoms with Crippen LogP contribution in [0, 0.1) is 6.92 Å². The number of nitrogen functional groups attached to an aromatic ring is 1. The number of hydrazine groups is 1. The number of nitrogens with zero attached hydrogens (tertiary/aromatic N) is 2. The van der Waals surface area contributed by atoms with Gasteiger partial charge in [0.05, 0.1) is 0 Å². The molecule has 0 fully saturated rings. The first-order chi connectivity index (χ1) is 7.99. The van der Waals surface area contributed by atoms with Gasteiger partial charge in [0.2, 0.25) is 0 Å². The number of rotatable bonds is 4. The van der Waals surface area contributed by atoms with Crippen molar-refractivity contribution >= 4 is 11.7 Å². The van der Waals surface area contributed by atoms with Crippen molar-refractivity contribution in [3.8, 4) is 0 Å². The average Bonchev–Trinajstić information content (AvgIpc) is 2.28. The van der Waals surface area contributed by atoms with E-state index < -0.39 is 0 Å². The molecular formula is C12H20N4O. The van der Waals surface area contributed by atoms with Crippen molar-refractivity contribution in [1.29, 1.82) is 0 Å². The molecule has 0 saturated carbocycles. The van der Waals surface area contributed by atoms with Crippen molar-refractivity contribution in [3.05, 3.63) is 23.4 Å². The van der Waals surface area contributed by atoms with Gasteiger partial charge in [0, 0.05) is 23.8 Å². The Kier molecular flexibility index (Phi) is 4.45. The minimum absolute atomic E-state index is 0.00417. The number of pyridine rings is 1. The molecule has 1 aromatic rings. The molecule has 0 aliphatic heterocycles. The molecule has 1 amide bonds. The minimum atomic E-state index is 0.00417. The Morgan fingerprint density at radius 1 is 1.53 bits per heavy atom. The predicted octanol–water partition coefficient (Wildman–Crippen LogP) is 1.55. The summed E-state index contributed by atoms with van der Waals surface area (Å²) in [6, 6.07) is 3.62. The third-order valence-corrected chi connectivity index (χ3v) is 2.57. The van der Waals surface area contributed by atoms with E-state index in [1.165, 1.54) is 0 Å². The Balaban J connectivity index is 3.06. The van der Waals surface area contributed by atoms with Gasteiger partial charge in [-0.25, -0.2) is 10.8 Å². The Bertz CT molecular complexity index is 403. The van der Waals surface area contributed by atoms with Gasteiger partial charge in [-0.3, -0.25) is 4.79 Å². The maximum absolute atomic E-state index is 12.3. The van der Waals surface area contributed by atoms with Crippen LogP contribution in [0.1, 0.15) is 36.8 Å². The molecule has 1 heterocycles. The molecule has 0 aromatic carbocycles. The number of aryl methyl sites for hydroxylation is 1. The van der Waals surface area contributed by atoms with Gasteiger partial charge in [-0.15, -0.1) is 0 Å². The Hall–Kier alpha value is -1.62. The molecule has 5 heteroatoms. The van der Waals surface area contributed by atoms with Crippen molar-refractivity contribution in [2.45, 2.75) is 33.7 Å². The number of hydrogen-bond acceptors (Lipinski definition) is 4. The average molecular weight is 236 g/mol. The largest absolute Gasteiger partial charge is 0.336 e. The summed E-state index contributed by atoms with van der Waals surface area (Å²) in [5.41, 5.74) is 3.85. The third-order valence-electron chi connectivity index (χ3n) is 2.57. The predicted molar refractivity (Wildman–Crippen MR) is 68.6 cm³/mol. The number of hydrogen-bond donors (Lipinski definition) is 2. The van der Waals surface area contributed by atoms with E-state index in [0.717, 1.165) is 5.69 Å². The van der Waals surface area contributed by atoms with E-state index in [-0.39, 0.29) is 11.9 Å². The van der Waals surface area contributed by atoms with Crippen molar-refractivity contribution < 1.29 is 4.79 Å². The second-order valence-electron chi connectivity index (χ2n) is 4.21. The number of nitrogens with one attached hydrogen (secondary N) is 1. The highest BCUT2D eigenvalue weighted by atomic mass is 16.2. The fraction of sp³-hybridized carbons (Fsp3) is 0.500. The van der Waals surface area contributed by atoms with Crippen LogP contribution in [-0.4, -0.2) is 28.4 Å². The van der Waals surface area contributed by atoms with E-state index in [2.05, 4.69) is 10.4 Å². The molecule has 5 nitrogen and oxygen atoms in total. The van der Waals surface area contributed by atoms with E-state index >= 15 is 0 Å². The van der Waals surface area contributed by atoms with Crippen molar-refractivity contribution in [1.82, 2.24) is 9.88 Å². The summed E-state index contributed by atoms with van der Waals surface area (Å²) in [7, 11) is 0. The van der Waals surface area contributed by atoms with Gasteiger partial charge < -0.3 is 10.3 Å². The highest BCUT2D eigenvalue weighted by Crippen LogP contribution is 2.13. The number of amides is 1. The van der Waals surface area contributed by atoms with Crippen LogP contribution in [0.15, 0.2) is 12.1 Å². The zero-order chi connectivity index (χ0) is 13.0. The summed E-state index contributed by atoms with van der Waals surface area (Å²) < 4.78 is 0. The Labute approximate surface area is 102 Å². The zero-order valence-corrected chi connectivity index (χ0v) is 10.8. The summed E-state index contributed by atoms with van der Waals surface area (Å²) in [6.07, 6.45) is 0. The first-order valence-electron chi connectivity index (χ1n) is 5.75. The number of anilines is 1. The van der Waals surface area contributed by atoms with Crippen LogP contribution >= 0.6 is 0 Å². The highest BCUT2D eigenvalue weighted by Gasteiger charge is 2.17. The van der Waals surface area contributed by atoms with Crippen LogP contribution in [0.4, 0.5) is 5.82 Å². The van der Waals surface area contributed by atoms with Crippen molar-refractivity contribution in [2.24, 2.45) is 5.84 Å². The molecule has 94 valence electrons. The summed E-state index contributed by atoms with van der Waals surface area (Å²) >= 11 is 0. The van der Waals surface area contributed by atoms with E-state index in [0.29, 0.717) is 17.9 Å². The Morgan fingerprint density at radius 2 is 2.18 bits per heavy atom. The molecule has 17 heavy (non-hydrogen) atoms. The van der Waals surface area contributed by atoms with E-state index in [4.69, 9.17) is 5.84 Å². The van der Waals surface area contributed by atoms with Crippen LogP contribution in [0.5, 0.6) is 0 Å². The molecule has 0 radical (unpaired) electrons. The lowest BCUT2D eigenvalue weighted by Gasteiger charge is -2.25. The van der Waals surface area contributed by atoms with E-state index in [9.17, 15) is 4.79 Å². The molecule has 0 aliphatic carbocycles. The summed E-state index contributed by atoms with van der Waals surface area (Å²) in [5.74, 6) is 5.83. The minimum Gasteiger partial charge on any atom is -0.336 e. The molecule has 0 saturated heterocycles. The SMILES string of the molecule is CCN(C(=O)c1cc(C)nc(NN)c1)C(C)C. The number of carbonyl (C=O) groups is 1. The summed E-state index contributed by atoms with van der Waals surface area (Å²) in [4.78, 5) is 18.2. The van der Waals surface area contributed by atoms with Crippen LogP contribution in [0.2, 0.25) is 0 Å². The maximum atomic E-state index is 12.3. The smallest absolute Gasteiger partial charge is 0.254 e. The van der Waals surface area contributed by atoms with Crippen LogP contribution < -0.4 is 11.3 Å². The second kappa shape index (κ2) is 5.63. The van der Waals surface area contributed by atoms with Crippen LogP contribution in [0.25, 0.3) is 0 Å². The second-order valence-corrected chi connectivity index (χ2v) is 4.21. The zero-order valence-electron chi connectivity index (χ0n) is 10.8. The van der Waals surface area contributed by atoms with Gasteiger partial charge in [-0.05, 0) is 39.8 Å². The van der Waals surface area contributed by atoms with Crippen molar-refractivity contribution in [3.63, 3.8) is 0 Å². The molecule has 0 bridgehead atoms. The topological polar surface area (TPSA) is 71.2 Å². The van der Waals surface area contributed by atoms with Gasteiger partial charge in [-0.2, -0.15) is 0 Å². The molecule has 1 rings (SSSR count). The lowest BCUT2D eigenvalue weighted by molar-refractivity contribution is 0.0716. The molecule has 0 atom stereocenters. The molecule has 3 N–H and O–H groups in total. The van der Waals surface area contributed by atoms with Gasteiger partial charge in [0.1, 0.15) is 5.82 Å². The maximum Gasteiger partial charge on any atom is 0.254 e. The fourth-order valence-electron chi connectivity index (χ4n) is 1.78. The van der Waals surface area contributed by atoms with Gasteiger partial charge in [0.25, 0.3) is 5.91 Å². The quantitative estimate of drug-likeness (QED) is 0.614. The van der Waals surface area contributed by atoms with Gasteiger partial charge >= 0.3 is 0 Å². The number of aromatic nitrogens is 1. The van der Waals surface area contributed by atoms with Gasteiger partial charge in [-0.1, -0.05) is 0 Å². The molecule has 0 spiro atoms. The Morgan fingerprint density at radius 3 is 2.65 bits per heavy atom. The van der Waals surface area contributed by atoms with Crippen LogP contribution in [-0.2, 0) is 0 Å². The van der Waals surface area contributed by atoms with E-state index in [1.807, 2.05) is 27.7 Å². The number of nitrogens with two attached hydrogens (primary N) is 1. The summed E-state index contributed by atoms with van der Waals surface area (Å²) in [6.45, 7) is 8.48. The standard InChI is InChI=1S/C12H20N4O/c1-5-16(8(2)3)12(17)10-6-9(4)14-11(7-10)15-13/h6-8H,5,13H2,1-4H3,(H,14,15). The molecule has 0 unspecified atom stereocenters. The lowest BCUT2D eigenvalue weighted by Crippen LogP contribution is -2.36. The first kappa shape index (κ1) is 13.4. The first-order valence-corrected chi connectivity index (χ1v) is 5.75. The fourth-order valence-corrected chi connectivity index (χ4v) is 1.78.